The Kier molecular flexibility index (Phi) is 9.43. The molecule has 10 rings (SSSR count). The Morgan fingerprint density at radius 2 is 0.938 bits per heavy atom. The van der Waals surface area contributed by atoms with Gasteiger partial charge in [0.15, 0.2) is 0 Å². The Balaban J connectivity index is 1.22. The van der Waals surface area contributed by atoms with Crippen molar-refractivity contribution in [2.45, 2.75) is 137 Å². The van der Waals surface area contributed by atoms with Crippen LogP contribution in [0.15, 0.2) is 133 Å². The third-order valence-electron chi connectivity index (χ3n) is 15.0. The lowest BCUT2D eigenvalue weighted by Gasteiger charge is -2.45. The summed E-state index contributed by atoms with van der Waals surface area (Å²) in [7, 11) is 0. The van der Waals surface area contributed by atoms with Gasteiger partial charge in [-0.05, 0) is 150 Å². The van der Waals surface area contributed by atoms with Crippen LogP contribution in [0.25, 0.3) is 11.1 Å². The molecule has 2 aliphatic carbocycles. The van der Waals surface area contributed by atoms with Gasteiger partial charge in [-0.2, -0.15) is 0 Å². The summed E-state index contributed by atoms with van der Waals surface area (Å²) in [5, 5.41) is 0. The molecule has 2 aliphatic heterocycles. The van der Waals surface area contributed by atoms with Crippen LogP contribution in [0, 0.1) is 0 Å². The molecule has 0 fully saturated rings. The number of hydrogen-bond donors (Lipinski definition) is 0. The molecule has 2 heterocycles. The summed E-state index contributed by atoms with van der Waals surface area (Å²) < 4.78 is 0. The zero-order valence-electron chi connectivity index (χ0n) is 41.0. The van der Waals surface area contributed by atoms with E-state index in [2.05, 4.69) is 234 Å². The second-order valence-corrected chi connectivity index (χ2v) is 23.9. The molecule has 0 aromatic heterocycles. The van der Waals surface area contributed by atoms with Crippen molar-refractivity contribution in [2.75, 3.05) is 9.80 Å². The highest BCUT2D eigenvalue weighted by atomic mass is 15.2. The lowest BCUT2D eigenvalue weighted by Crippen LogP contribution is -2.61. The molecule has 6 aromatic rings. The Hall–Kier alpha value is -5.54. The molecule has 0 N–H and O–H groups in total. The highest BCUT2D eigenvalue weighted by Crippen LogP contribution is 2.55. The van der Waals surface area contributed by atoms with Crippen LogP contribution in [-0.2, 0) is 27.1 Å². The molecule has 4 aliphatic rings. The minimum absolute atomic E-state index is 0.00629. The average molecular weight is 839 g/mol. The number of benzene rings is 6. The van der Waals surface area contributed by atoms with Crippen LogP contribution >= 0.6 is 0 Å². The number of anilines is 6. The van der Waals surface area contributed by atoms with E-state index in [4.69, 9.17) is 0 Å². The van der Waals surface area contributed by atoms with E-state index >= 15 is 0 Å². The van der Waals surface area contributed by atoms with Crippen LogP contribution in [0.5, 0.6) is 0 Å². The summed E-state index contributed by atoms with van der Waals surface area (Å²) in [4.78, 5) is 5.21. The van der Waals surface area contributed by atoms with E-state index in [1.165, 1.54) is 101 Å². The Bertz CT molecular complexity index is 2930. The van der Waals surface area contributed by atoms with Gasteiger partial charge >= 0.3 is 0 Å². The van der Waals surface area contributed by atoms with Crippen molar-refractivity contribution in [1.82, 2.24) is 0 Å². The molecule has 0 saturated carbocycles. The predicted molar refractivity (Wildman–Crippen MR) is 279 cm³/mol. The first kappa shape index (κ1) is 42.4. The number of nitrogens with zero attached hydrogens (tertiary/aromatic N) is 2. The standard InChI is InChI=1S/C61H67BN2/c1-57(2,3)39-24-30-44(31-25-39)64-52-35-41(59(7,8)9)27-33-50(52)62-49-32-26-40(58(4,5)6)34-51(49)63(53-36-42(60(10,11)12)37-54(64)56(53)62)43-28-22-38(23-29-43)45-19-17-21-48-55(45)46-18-15-16-20-47(46)61(48,13)14/h15-16,18-20,22-37H,17,21H2,1-14H3. The van der Waals surface area contributed by atoms with Crippen LogP contribution in [0.3, 0.4) is 0 Å². The monoisotopic (exact) mass is 839 g/mol. The van der Waals surface area contributed by atoms with Crippen LogP contribution in [-0.4, -0.2) is 6.71 Å². The van der Waals surface area contributed by atoms with Gasteiger partial charge in [-0.25, -0.2) is 0 Å². The molecule has 64 heavy (non-hydrogen) atoms. The predicted octanol–water partition coefficient (Wildman–Crippen LogP) is 14.9. The number of allylic oxidation sites excluding steroid dienone is 4. The van der Waals surface area contributed by atoms with Crippen molar-refractivity contribution in [2.24, 2.45) is 0 Å². The van der Waals surface area contributed by atoms with E-state index in [9.17, 15) is 0 Å². The Morgan fingerprint density at radius 3 is 1.44 bits per heavy atom. The molecule has 0 bridgehead atoms. The third kappa shape index (κ3) is 6.66. The SMILES string of the molecule is CC(C)(C)c1ccc(N2c3cc(C(C)(C)C)ccc3B3c4ccc(C(C)(C)C)cc4N(c4ccc(C5=CCCC6=C5c5ccccc5C6(C)C)cc4)c4cc(C(C)(C)C)cc2c43)cc1. The fraction of sp³-hybridized carbons (Fsp3) is 0.344. The molecule has 0 radical (unpaired) electrons. The quantitative estimate of drug-likeness (QED) is 0.164. The summed E-state index contributed by atoms with van der Waals surface area (Å²) in [5.74, 6) is 0. The minimum Gasteiger partial charge on any atom is -0.311 e. The summed E-state index contributed by atoms with van der Waals surface area (Å²) in [6.07, 6.45) is 4.69. The first-order valence-electron chi connectivity index (χ1n) is 23.9. The van der Waals surface area contributed by atoms with Gasteiger partial charge in [-0.1, -0.05) is 181 Å². The molecule has 0 saturated heterocycles. The topological polar surface area (TPSA) is 6.48 Å². The van der Waals surface area contributed by atoms with Gasteiger partial charge < -0.3 is 9.80 Å². The van der Waals surface area contributed by atoms with Crippen LogP contribution in [0.4, 0.5) is 34.1 Å². The van der Waals surface area contributed by atoms with E-state index in [0.29, 0.717) is 0 Å². The second kappa shape index (κ2) is 14.2. The molecule has 324 valence electrons. The molecule has 0 amide bonds. The zero-order valence-corrected chi connectivity index (χ0v) is 41.0. The largest absolute Gasteiger partial charge is 0.311 e. The number of fused-ring (bicyclic) bond motifs is 6. The fourth-order valence-electron chi connectivity index (χ4n) is 11.2. The maximum absolute atomic E-state index is 2.61. The molecule has 0 spiro atoms. The maximum atomic E-state index is 2.61. The highest BCUT2D eigenvalue weighted by molar-refractivity contribution is 7.00. The Morgan fingerprint density at radius 1 is 0.484 bits per heavy atom. The number of hydrogen-bond acceptors (Lipinski definition) is 2. The van der Waals surface area contributed by atoms with Crippen molar-refractivity contribution in [3.63, 3.8) is 0 Å². The lowest BCUT2D eigenvalue weighted by atomic mass is 9.33. The molecule has 0 atom stereocenters. The van der Waals surface area contributed by atoms with E-state index in [-0.39, 0.29) is 33.8 Å². The molecular formula is C61H67BN2. The highest BCUT2D eigenvalue weighted by Gasteiger charge is 2.45. The molecule has 6 aromatic carbocycles. The first-order chi connectivity index (χ1) is 30.0. The Labute approximate surface area is 385 Å². The van der Waals surface area contributed by atoms with Crippen LogP contribution in [0.2, 0.25) is 0 Å². The third-order valence-corrected chi connectivity index (χ3v) is 15.0. The molecule has 0 unspecified atom stereocenters. The van der Waals surface area contributed by atoms with Crippen molar-refractivity contribution >= 4 is 68.4 Å². The fourth-order valence-corrected chi connectivity index (χ4v) is 11.2. The van der Waals surface area contributed by atoms with E-state index in [0.717, 1.165) is 12.8 Å². The van der Waals surface area contributed by atoms with E-state index in [1.54, 1.807) is 5.57 Å². The minimum atomic E-state index is -0.0936. The van der Waals surface area contributed by atoms with Gasteiger partial charge in [-0.3, -0.25) is 0 Å². The first-order valence-corrected chi connectivity index (χ1v) is 23.9. The number of rotatable bonds is 3. The maximum Gasteiger partial charge on any atom is 0.252 e. The van der Waals surface area contributed by atoms with Crippen LogP contribution < -0.4 is 26.2 Å². The van der Waals surface area contributed by atoms with Crippen molar-refractivity contribution in [1.29, 1.82) is 0 Å². The summed E-state index contributed by atoms with van der Waals surface area (Å²) in [6.45, 7) is 33.0. The van der Waals surface area contributed by atoms with Crippen molar-refractivity contribution < 1.29 is 0 Å². The molecular weight excluding hydrogens is 771 g/mol. The molecule has 2 nitrogen and oxygen atoms in total. The zero-order chi connectivity index (χ0) is 45.5. The van der Waals surface area contributed by atoms with E-state index < -0.39 is 0 Å². The van der Waals surface area contributed by atoms with Gasteiger partial charge in [-0.15, -0.1) is 0 Å². The lowest BCUT2D eigenvalue weighted by molar-refractivity contribution is 0.589. The second-order valence-electron chi connectivity index (χ2n) is 23.9. The van der Waals surface area contributed by atoms with Gasteiger partial charge in [0.2, 0.25) is 0 Å². The molecule has 3 heteroatoms. The van der Waals surface area contributed by atoms with Crippen molar-refractivity contribution in [3.8, 4) is 0 Å². The van der Waals surface area contributed by atoms with Gasteiger partial charge in [0.05, 0.1) is 0 Å². The average Bonchev–Trinajstić information content (AvgIpc) is 3.48. The summed E-state index contributed by atoms with van der Waals surface area (Å²) in [5.41, 5.74) is 25.5. The van der Waals surface area contributed by atoms with Gasteiger partial charge in [0.25, 0.3) is 6.71 Å². The summed E-state index contributed by atoms with van der Waals surface area (Å²) in [6, 6.07) is 47.9. The normalized spacial score (nSPS) is 16.5. The summed E-state index contributed by atoms with van der Waals surface area (Å²) >= 11 is 0. The van der Waals surface area contributed by atoms with Crippen LogP contribution in [0.1, 0.15) is 149 Å². The van der Waals surface area contributed by atoms with Gasteiger partial charge in [0, 0.05) is 39.5 Å². The smallest absolute Gasteiger partial charge is 0.252 e. The van der Waals surface area contributed by atoms with Gasteiger partial charge in [0.1, 0.15) is 0 Å². The van der Waals surface area contributed by atoms with Crippen molar-refractivity contribution in [3.05, 3.63) is 172 Å². The van der Waals surface area contributed by atoms with E-state index in [1.807, 2.05) is 0 Å².